The molecule has 0 fully saturated rings. The molecule has 1 aliphatic heterocycles. The summed E-state index contributed by atoms with van der Waals surface area (Å²) in [5.74, 6) is 0.138. The van der Waals surface area contributed by atoms with Crippen molar-refractivity contribution in [2.45, 2.75) is 32.2 Å². The Labute approximate surface area is 111 Å². The fourth-order valence-corrected chi connectivity index (χ4v) is 2.71. The number of rotatable bonds is 1. The van der Waals surface area contributed by atoms with Crippen LogP contribution in [0.1, 0.15) is 36.4 Å². The summed E-state index contributed by atoms with van der Waals surface area (Å²) in [7, 11) is 0. The van der Waals surface area contributed by atoms with E-state index in [1.807, 2.05) is 31.2 Å². The first-order chi connectivity index (χ1) is 9.15. The molecule has 2 aliphatic rings. The number of allylic oxidation sites excluding steroid dienone is 1. The van der Waals surface area contributed by atoms with Crippen LogP contribution in [0.3, 0.4) is 0 Å². The lowest BCUT2D eigenvalue weighted by atomic mass is 9.85. The SMILES string of the molecule is Cc1ccc(C2NC(=O)NC3=C2C(=O)CCC3)cc1. The third kappa shape index (κ3) is 2.14. The van der Waals surface area contributed by atoms with Crippen molar-refractivity contribution >= 4 is 11.8 Å². The third-order valence-electron chi connectivity index (χ3n) is 3.70. The zero-order chi connectivity index (χ0) is 13.4. The molecule has 0 saturated carbocycles. The van der Waals surface area contributed by atoms with E-state index in [4.69, 9.17) is 0 Å². The Hall–Kier alpha value is -2.10. The van der Waals surface area contributed by atoms with Crippen molar-refractivity contribution in [2.75, 3.05) is 0 Å². The van der Waals surface area contributed by atoms with E-state index in [0.29, 0.717) is 6.42 Å². The molecule has 1 heterocycles. The minimum absolute atomic E-state index is 0.138. The summed E-state index contributed by atoms with van der Waals surface area (Å²) in [5, 5.41) is 5.62. The second kappa shape index (κ2) is 4.53. The lowest BCUT2D eigenvalue weighted by Gasteiger charge is -2.32. The molecule has 0 aromatic heterocycles. The van der Waals surface area contributed by atoms with Crippen LogP contribution in [0.5, 0.6) is 0 Å². The van der Waals surface area contributed by atoms with E-state index < -0.39 is 0 Å². The van der Waals surface area contributed by atoms with Gasteiger partial charge < -0.3 is 10.6 Å². The Balaban J connectivity index is 2.05. The van der Waals surface area contributed by atoms with E-state index in [9.17, 15) is 9.59 Å². The highest BCUT2D eigenvalue weighted by Gasteiger charge is 2.34. The first-order valence-electron chi connectivity index (χ1n) is 6.55. The number of aryl methyl sites for hydroxylation is 1. The van der Waals surface area contributed by atoms with Gasteiger partial charge in [0.1, 0.15) is 0 Å². The van der Waals surface area contributed by atoms with Crippen molar-refractivity contribution in [1.82, 2.24) is 10.6 Å². The van der Waals surface area contributed by atoms with Gasteiger partial charge in [-0.25, -0.2) is 4.79 Å². The molecular formula is C15H16N2O2. The number of urea groups is 1. The molecule has 3 rings (SSSR count). The molecule has 1 unspecified atom stereocenters. The van der Waals surface area contributed by atoms with Gasteiger partial charge in [0, 0.05) is 17.7 Å². The van der Waals surface area contributed by atoms with Gasteiger partial charge in [0.2, 0.25) is 0 Å². The predicted molar refractivity (Wildman–Crippen MR) is 71.5 cm³/mol. The number of benzene rings is 1. The van der Waals surface area contributed by atoms with E-state index in [1.54, 1.807) is 0 Å². The average Bonchev–Trinajstić information content (AvgIpc) is 2.38. The minimum atomic E-state index is -0.308. The molecular weight excluding hydrogens is 240 g/mol. The molecule has 4 nitrogen and oxygen atoms in total. The molecule has 0 bridgehead atoms. The van der Waals surface area contributed by atoms with Gasteiger partial charge in [-0.2, -0.15) is 0 Å². The molecule has 0 saturated heterocycles. The minimum Gasteiger partial charge on any atom is -0.327 e. The molecule has 1 aromatic rings. The van der Waals surface area contributed by atoms with Crippen LogP contribution in [0.25, 0.3) is 0 Å². The molecule has 4 heteroatoms. The summed E-state index contributed by atoms with van der Waals surface area (Å²) in [6.07, 6.45) is 2.16. The first-order valence-corrected chi connectivity index (χ1v) is 6.55. The quantitative estimate of drug-likeness (QED) is 0.810. The largest absolute Gasteiger partial charge is 0.327 e. The smallest absolute Gasteiger partial charge is 0.319 e. The Kier molecular flexibility index (Phi) is 2.85. The Morgan fingerprint density at radius 1 is 1.11 bits per heavy atom. The predicted octanol–water partition coefficient (Wildman–Crippen LogP) is 2.36. The first kappa shape index (κ1) is 12.0. The number of carbonyl (C=O) groups is 2. The Morgan fingerprint density at radius 3 is 2.58 bits per heavy atom. The van der Waals surface area contributed by atoms with Gasteiger partial charge >= 0.3 is 6.03 Å². The summed E-state index contributed by atoms with van der Waals surface area (Å²) >= 11 is 0. The van der Waals surface area contributed by atoms with Gasteiger partial charge in [-0.05, 0) is 25.3 Å². The van der Waals surface area contributed by atoms with Gasteiger partial charge in [-0.3, -0.25) is 4.79 Å². The number of hydrogen-bond acceptors (Lipinski definition) is 2. The molecule has 1 aliphatic carbocycles. The zero-order valence-electron chi connectivity index (χ0n) is 10.8. The average molecular weight is 256 g/mol. The van der Waals surface area contributed by atoms with Crippen molar-refractivity contribution in [3.05, 3.63) is 46.7 Å². The standard InChI is InChI=1S/C15H16N2O2/c1-9-5-7-10(8-6-9)14-13-11(16-15(19)17-14)3-2-4-12(13)18/h5-8,14H,2-4H2,1H3,(H2,16,17,19). The normalized spacial score (nSPS) is 22.7. The maximum Gasteiger partial charge on any atom is 0.319 e. The summed E-state index contributed by atoms with van der Waals surface area (Å²) in [4.78, 5) is 23.8. The van der Waals surface area contributed by atoms with Crippen molar-refractivity contribution in [1.29, 1.82) is 0 Å². The molecule has 0 radical (unpaired) electrons. The van der Waals surface area contributed by atoms with Crippen LogP contribution in [0.15, 0.2) is 35.5 Å². The number of amides is 2. The van der Waals surface area contributed by atoms with Crippen LogP contribution in [-0.4, -0.2) is 11.8 Å². The van der Waals surface area contributed by atoms with Gasteiger partial charge in [0.05, 0.1) is 6.04 Å². The Bertz CT molecular complexity index is 572. The van der Waals surface area contributed by atoms with Crippen LogP contribution < -0.4 is 10.6 Å². The molecule has 1 atom stereocenters. The van der Waals surface area contributed by atoms with Crippen molar-refractivity contribution in [3.63, 3.8) is 0 Å². The van der Waals surface area contributed by atoms with Gasteiger partial charge in [-0.1, -0.05) is 29.8 Å². The lowest BCUT2D eigenvalue weighted by molar-refractivity contribution is -0.116. The molecule has 2 amide bonds. The van der Waals surface area contributed by atoms with Gasteiger partial charge in [0.15, 0.2) is 5.78 Å². The molecule has 0 spiro atoms. The number of Topliss-reactive ketones (excluding diaryl/α,β-unsaturated/α-hetero) is 1. The number of carbonyl (C=O) groups excluding carboxylic acids is 2. The molecule has 19 heavy (non-hydrogen) atoms. The maximum atomic E-state index is 12.1. The zero-order valence-corrected chi connectivity index (χ0v) is 10.8. The summed E-state index contributed by atoms with van der Waals surface area (Å²) < 4.78 is 0. The highest BCUT2D eigenvalue weighted by Crippen LogP contribution is 2.33. The van der Waals surface area contributed by atoms with Crippen molar-refractivity contribution < 1.29 is 9.59 Å². The number of nitrogens with one attached hydrogen (secondary N) is 2. The van der Waals surface area contributed by atoms with Gasteiger partial charge in [0.25, 0.3) is 0 Å². The van der Waals surface area contributed by atoms with Crippen LogP contribution in [0.4, 0.5) is 4.79 Å². The highest BCUT2D eigenvalue weighted by atomic mass is 16.2. The van der Waals surface area contributed by atoms with Crippen LogP contribution >= 0.6 is 0 Å². The van der Waals surface area contributed by atoms with E-state index in [0.717, 1.165) is 35.2 Å². The van der Waals surface area contributed by atoms with Crippen molar-refractivity contribution in [3.8, 4) is 0 Å². The molecule has 2 N–H and O–H groups in total. The van der Waals surface area contributed by atoms with Crippen LogP contribution in [0, 0.1) is 6.92 Å². The fraction of sp³-hybridized carbons (Fsp3) is 0.333. The second-order valence-corrected chi connectivity index (χ2v) is 5.11. The number of hydrogen-bond donors (Lipinski definition) is 2. The fourth-order valence-electron chi connectivity index (χ4n) is 2.71. The molecule has 98 valence electrons. The molecule has 1 aromatic carbocycles. The third-order valence-corrected chi connectivity index (χ3v) is 3.70. The Morgan fingerprint density at radius 2 is 1.84 bits per heavy atom. The lowest BCUT2D eigenvalue weighted by Crippen LogP contribution is -2.46. The summed E-state index contributed by atoms with van der Waals surface area (Å²) in [6.45, 7) is 2.02. The van der Waals surface area contributed by atoms with E-state index >= 15 is 0 Å². The van der Waals surface area contributed by atoms with E-state index in [1.165, 1.54) is 0 Å². The maximum absolute atomic E-state index is 12.1. The highest BCUT2D eigenvalue weighted by molar-refractivity contribution is 6.00. The van der Waals surface area contributed by atoms with Crippen molar-refractivity contribution in [2.24, 2.45) is 0 Å². The van der Waals surface area contributed by atoms with Crippen LogP contribution in [-0.2, 0) is 4.79 Å². The topological polar surface area (TPSA) is 58.2 Å². The van der Waals surface area contributed by atoms with Gasteiger partial charge in [-0.15, -0.1) is 0 Å². The van der Waals surface area contributed by atoms with Crippen LogP contribution in [0.2, 0.25) is 0 Å². The second-order valence-electron chi connectivity index (χ2n) is 5.11. The summed E-state index contributed by atoms with van der Waals surface area (Å²) in [5.41, 5.74) is 3.65. The summed E-state index contributed by atoms with van der Waals surface area (Å²) in [6, 6.07) is 7.40. The number of ketones is 1. The monoisotopic (exact) mass is 256 g/mol. The van der Waals surface area contributed by atoms with E-state index in [-0.39, 0.29) is 17.9 Å². The van der Waals surface area contributed by atoms with E-state index in [2.05, 4.69) is 10.6 Å².